The van der Waals surface area contributed by atoms with E-state index in [1.165, 1.54) is 0 Å². The molecule has 0 aliphatic rings. The molecule has 0 aromatic heterocycles. The number of aldehydes is 1. The average Bonchev–Trinajstić information content (AvgIpc) is 3.06. The first-order valence-electron chi connectivity index (χ1n) is 18.8. The maximum absolute atomic E-state index is 12.1. The van der Waals surface area contributed by atoms with Gasteiger partial charge in [0.2, 0.25) is 0 Å². The Hall–Kier alpha value is -2.88. The number of rotatable bonds is 8. The van der Waals surface area contributed by atoms with Crippen molar-refractivity contribution >= 4 is 97.4 Å². The molecule has 5 rings (SSSR count). The van der Waals surface area contributed by atoms with E-state index in [-0.39, 0.29) is 0 Å². The van der Waals surface area contributed by atoms with Gasteiger partial charge in [-0.25, -0.2) is 0 Å². The zero-order valence-electron chi connectivity index (χ0n) is 33.2. The number of fused-ring (bicyclic) bond motifs is 4. The summed E-state index contributed by atoms with van der Waals surface area (Å²) in [5.74, 6) is 8.67. The molecule has 0 saturated carbocycles. The summed E-state index contributed by atoms with van der Waals surface area (Å²) in [6.45, 7) is 28.5. The van der Waals surface area contributed by atoms with Crippen molar-refractivity contribution in [3.8, 4) is 28.7 Å². The van der Waals surface area contributed by atoms with Crippen LogP contribution in [0.4, 0.5) is 0 Å². The zero-order valence-corrected chi connectivity index (χ0v) is 38.4. The Balaban J connectivity index is 2.10. The summed E-state index contributed by atoms with van der Waals surface area (Å²) in [5.41, 5.74) is 13.9. The molecule has 2 nitrogen and oxygen atoms in total. The third kappa shape index (κ3) is 6.83. The number of hydrogen-bond acceptors (Lipinski definition) is 2. The van der Waals surface area contributed by atoms with E-state index in [1.807, 2.05) is 6.07 Å². The summed E-state index contributed by atoms with van der Waals surface area (Å²) in [7, 11) is -2.46. The van der Waals surface area contributed by atoms with E-state index in [0.717, 1.165) is 75.2 Å². The van der Waals surface area contributed by atoms with Crippen molar-refractivity contribution in [2.24, 2.45) is 0 Å². The molecule has 52 heavy (non-hydrogen) atoms. The lowest BCUT2D eigenvalue weighted by Gasteiger charge is -2.38. The van der Waals surface area contributed by atoms with Crippen molar-refractivity contribution in [3.63, 3.8) is 0 Å². The van der Waals surface area contributed by atoms with Crippen LogP contribution in [0.2, 0.25) is 33.2 Å². The van der Waals surface area contributed by atoms with Gasteiger partial charge in [-0.3, -0.25) is 4.79 Å². The summed E-state index contributed by atoms with van der Waals surface area (Å²) in [6.07, 6.45) is 0.922. The van der Waals surface area contributed by atoms with E-state index in [0.29, 0.717) is 38.8 Å². The van der Waals surface area contributed by atoms with Crippen molar-refractivity contribution < 1.29 is 9.53 Å². The molecule has 0 fully saturated rings. The SMILES string of the molecule is COc1cc2cc3c(C#C[Si](C(C)C)(C(C)C)C(C)C)c4cc5cc(Br)c(C=O)cc5cc4c(C#C[Si](C(C)C)(C(C)C)C(C)C)c3cc2cc1Br. The molecule has 272 valence electrons. The molecule has 6 heteroatoms. The fraction of sp³-hybridized carbons (Fsp3) is 0.413. The van der Waals surface area contributed by atoms with Gasteiger partial charge < -0.3 is 4.74 Å². The minimum absolute atomic E-state index is 0.501. The predicted molar refractivity (Wildman–Crippen MR) is 240 cm³/mol. The van der Waals surface area contributed by atoms with Crippen molar-refractivity contribution in [2.45, 2.75) is 116 Å². The van der Waals surface area contributed by atoms with Crippen LogP contribution in [0.1, 0.15) is 105 Å². The van der Waals surface area contributed by atoms with Gasteiger partial charge in [0, 0.05) is 21.2 Å². The van der Waals surface area contributed by atoms with Crippen LogP contribution >= 0.6 is 31.9 Å². The van der Waals surface area contributed by atoms with Crippen LogP contribution in [-0.4, -0.2) is 29.5 Å². The lowest BCUT2D eigenvalue weighted by Crippen LogP contribution is -2.43. The maximum Gasteiger partial charge on any atom is 0.151 e. The van der Waals surface area contributed by atoms with E-state index in [9.17, 15) is 4.79 Å². The molecule has 0 N–H and O–H groups in total. The maximum atomic E-state index is 12.1. The van der Waals surface area contributed by atoms with Crippen molar-refractivity contribution in [3.05, 3.63) is 74.2 Å². The highest BCUT2D eigenvalue weighted by molar-refractivity contribution is 9.10. The monoisotopic (exact) mass is 852 g/mol. The van der Waals surface area contributed by atoms with E-state index >= 15 is 0 Å². The highest BCUT2D eigenvalue weighted by Gasteiger charge is 2.43. The molecule has 5 aromatic carbocycles. The Morgan fingerprint density at radius 3 is 1.17 bits per heavy atom. The predicted octanol–water partition coefficient (Wildman–Crippen LogP) is 14.8. The van der Waals surface area contributed by atoms with Gasteiger partial charge in [-0.1, -0.05) is 111 Å². The first-order valence-corrected chi connectivity index (χ1v) is 24.8. The van der Waals surface area contributed by atoms with Gasteiger partial charge >= 0.3 is 0 Å². The van der Waals surface area contributed by atoms with Crippen LogP contribution in [0.15, 0.2) is 57.5 Å². The summed E-state index contributed by atoms with van der Waals surface area (Å²) in [6, 6.07) is 17.5. The molecule has 0 unspecified atom stereocenters. The lowest BCUT2D eigenvalue weighted by molar-refractivity contribution is 0.112. The highest BCUT2D eigenvalue weighted by atomic mass is 79.9. The third-order valence-corrected chi connectivity index (χ3v) is 26.0. The molecule has 0 bridgehead atoms. The number of benzene rings is 5. The molecule has 5 aromatic rings. The van der Waals surface area contributed by atoms with E-state index in [4.69, 9.17) is 4.74 Å². The second-order valence-corrected chi connectivity index (χ2v) is 29.4. The Morgan fingerprint density at radius 2 is 0.846 bits per heavy atom. The number of methoxy groups -OCH3 is 1. The number of halogens is 2. The van der Waals surface area contributed by atoms with Crippen LogP contribution < -0.4 is 4.74 Å². The number of ether oxygens (including phenoxy) is 1. The van der Waals surface area contributed by atoms with Gasteiger partial charge in [0.25, 0.3) is 0 Å². The first kappa shape index (κ1) is 40.3. The largest absolute Gasteiger partial charge is 0.496 e. The smallest absolute Gasteiger partial charge is 0.151 e. The first-order chi connectivity index (χ1) is 24.4. The molecule has 0 aliphatic carbocycles. The average molecular weight is 855 g/mol. The van der Waals surface area contributed by atoms with Gasteiger partial charge in [0.1, 0.15) is 21.9 Å². The molecule has 0 saturated heterocycles. The van der Waals surface area contributed by atoms with Gasteiger partial charge in [-0.15, -0.1) is 11.1 Å². The molecule has 0 radical (unpaired) electrons. The third-order valence-electron chi connectivity index (χ3n) is 12.1. The summed E-state index contributed by atoms with van der Waals surface area (Å²) >= 11 is 7.42. The van der Waals surface area contributed by atoms with E-state index in [1.54, 1.807) is 7.11 Å². The van der Waals surface area contributed by atoms with Crippen LogP contribution in [0.3, 0.4) is 0 Å². The van der Waals surface area contributed by atoms with E-state index < -0.39 is 16.1 Å². The molecule has 0 atom stereocenters. The van der Waals surface area contributed by atoms with Crippen LogP contribution in [-0.2, 0) is 0 Å². The quantitative estimate of drug-likeness (QED) is 0.0673. The fourth-order valence-corrected chi connectivity index (χ4v) is 20.9. The molecular weight excluding hydrogens is 800 g/mol. The zero-order chi connectivity index (χ0) is 38.4. The van der Waals surface area contributed by atoms with Gasteiger partial charge in [0.15, 0.2) is 6.29 Å². The Morgan fingerprint density at radius 1 is 0.519 bits per heavy atom. The van der Waals surface area contributed by atoms with Crippen LogP contribution in [0.5, 0.6) is 5.75 Å². The number of carbonyl (C=O) groups is 1. The van der Waals surface area contributed by atoms with Crippen LogP contribution in [0, 0.1) is 22.9 Å². The molecule has 0 spiro atoms. The van der Waals surface area contributed by atoms with Gasteiger partial charge in [0.05, 0.1) is 11.6 Å². The summed E-state index contributed by atoms with van der Waals surface area (Å²) < 4.78 is 7.47. The number of hydrogen-bond donors (Lipinski definition) is 0. The summed E-state index contributed by atoms with van der Waals surface area (Å²) in [5, 5.41) is 8.73. The molecule has 0 heterocycles. The summed E-state index contributed by atoms with van der Waals surface area (Å²) in [4.78, 5) is 12.1. The number of carbonyl (C=O) groups excluding carboxylic acids is 1. The molecular formula is C46H54Br2O2Si2. The second kappa shape index (κ2) is 15.5. The van der Waals surface area contributed by atoms with Gasteiger partial charge in [-0.05, 0) is 141 Å². The van der Waals surface area contributed by atoms with Crippen molar-refractivity contribution in [1.29, 1.82) is 0 Å². The molecule has 0 aliphatic heterocycles. The molecule has 0 amide bonds. The van der Waals surface area contributed by atoms with Crippen molar-refractivity contribution in [2.75, 3.05) is 7.11 Å². The Labute approximate surface area is 331 Å². The second-order valence-electron chi connectivity index (χ2n) is 16.5. The standard InChI is InChI=1S/C46H54Br2O2Si2/c1-27(2)51(28(3)4,29(5)6)16-14-38-40-19-33-18-37(26-49)44(47)23-34(33)20-41(40)39(15-17-52(30(7)8,31(9)10)32(11)12)43-22-36-25-46(50-13)45(48)24-35(36)21-42(38)43/h18-32H,1-13H3. The Bertz CT molecular complexity index is 2280. The lowest BCUT2D eigenvalue weighted by atomic mass is 9.88. The topological polar surface area (TPSA) is 26.3 Å². The van der Waals surface area contributed by atoms with Crippen molar-refractivity contribution in [1.82, 2.24) is 0 Å². The van der Waals surface area contributed by atoms with E-state index in [2.05, 4.69) is 180 Å². The normalized spacial score (nSPS) is 12.6. The minimum atomic E-state index is -2.09. The minimum Gasteiger partial charge on any atom is -0.496 e. The highest BCUT2D eigenvalue weighted by Crippen LogP contribution is 2.44. The van der Waals surface area contributed by atoms with Gasteiger partial charge in [-0.2, -0.15) is 0 Å². The Kier molecular flexibility index (Phi) is 12.0. The van der Waals surface area contributed by atoms with Crippen LogP contribution in [0.25, 0.3) is 43.1 Å². The fourth-order valence-electron chi connectivity index (χ4n) is 9.48.